The second kappa shape index (κ2) is 7.91. The Morgan fingerprint density at radius 2 is 1.89 bits per heavy atom. The first kappa shape index (κ1) is 19.1. The lowest BCUT2D eigenvalue weighted by atomic mass is 10.0. The van der Waals surface area contributed by atoms with E-state index >= 15 is 0 Å². The molecule has 0 aliphatic carbocycles. The highest BCUT2D eigenvalue weighted by atomic mass is 19.1. The van der Waals surface area contributed by atoms with Crippen LogP contribution in [0.1, 0.15) is 34.1 Å². The fourth-order valence-corrected chi connectivity index (χ4v) is 2.74. The number of aryl methyl sites for hydroxylation is 1. The number of carbonyl (C=O) groups excluding carboxylic acids is 1. The predicted molar refractivity (Wildman–Crippen MR) is 98.8 cm³/mol. The third kappa shape index (κ3) is 4.35. The van der Waals surface area contributed by atoms with Crippen molar-refractivity contribution in [3.8, 4) is 11.6 Å². The van der Waals surface area contributed by atoms with Gasteiger partial charge in [0.1, 0.15) is 5.82 Å². The molecule has 1 aromatic heterocycles. The van der Waals surface area contributed by atoms with Crippen LogP contribution in [0.25, 0.3) is 5.69 Å². The Hall–Kier alpha value is -3.68. The normalized spacial score (nSPS) is 11.8. The quantitative estimate of drug-likeness (QED) is 0.607. The van der Waals surface area contributed by atoms with Crippen molar-refractivity contribution in [2.45, 2.75) is 19.4 Å². The summed E-state index contributed by atoms with van der Waals surface area (Å²) in [5.74, 6) is -2.59. The Kier molecular flexibility index (Phi) is 5.39. The predicted octanol–water partition coefficient (Wildman–Crippen LogP) is 2.97. The van der Waals surface area contributed by atoms with Gasteiger partial charge in [-0.1, -0.05) is 35.9 Å². The minimum absolute atomic E-state index is 0.121. The first-order valence-corrected chi connectivity index (χ1v) is 8.47. The molecular weight excluding hydrogens is 365 g/mol. The van der Waals surface area contributed by atoms with Crippen molar-refractivity contribution >= 4 is 11.9 Å². The minimum Gasteiger partial charge on any atom is -0.493 e. The van der Waals surface area contributed by atoms with E-state index < -0.39 is 23.7 Å². The van der Waals surface area contributed by atoms with E-state index in [1.165, 1.54) is 18.2 Å². The van der Waals surface area contributed by atoms with Crippen LogP contribution in [0.3, 0.4) is 0 Å². The molecule has 144 valence electrons. The minimum atomic E-state index is -1.07. The van der Waals surface area contributed by atoms with E-state index in [4.69, 9.17) is 5.11 Å². The van der Waals surface area contributed by atoms with Crippen LogP contribution in [0.15, 0.2) is 54.6 Å². The van der Waals surface area contributed by atoms with Crippen molar-refractivity contribution in [3.63, 3.8) is 0 Å². The monoisotopic (exact) mass is 383 g/mol. The standard InChI is InChI=1S/C20H18FN3O4/c1-12-5-7-13(8-6-12)16(11-19(26)27)22-20(28)17-10-18(25)24(23-17)15-4-2-3-14(21)9-15/h2-10,16,25H,11H2,1H3,(H,22,28)(H,26,27)/t16-/m0/s1. The number of benzene rings is 2. The summed E-state index contributed by atoms with van der Waals surface area (Å²) in [4.78, 5) is 23.8. The Labute approximate surface area is 160 Å². The molecule has 7 nitrogen and oxygen atoms in total. The molecule has 0 unspecified atom stereocenters. The number of carboxylic acids is 1. The van der Waals surface area contributed by atoms with Gasteiger partial charge < -0.3 is 15.5 Å². The number of rotatable bonds is 6. The average molecular weight is 383 g/mol. The van der Waals surface area contributed by atoms with Crippen LogP contribution in [-0.2, 0) is 4.79 Å². The maximum absolute atomic E-state index is 13.4. The number of carbonyl (C=O) groups is 2. The zero-order valence-corrected chi connectivity index (χ0v) is 15.0. The third-order valence-electron chi connectivity index (χ3n) is 4.14. The number of amides is 1. The first-order chi connectivity index (χ1) is 13.3. The van der Waals surface area contributed by atoms with E-state index in [1.807, 2.05) is 19.1 Å². The van der Waals surface area contributed by atoms with Crippen LogP contribution < -0.4 is 5.32 Å². The summed E-state index contributed by atoms with van der Waals surface area (Å²) in [5.41, 5.74) is 1.76. The molecule has 3 aromatic rings. The summed E-state index contributed by atoms with van der Waals surface area (Å²) in [6.45, 7) is 1.90. The number of carboxylic acid groups (broad SMARTS) is 1. The van der Waals surface area contributed by atoms with Gasteiger partial charge in [-0.25, -0.2) is 9.07 Å². The lowest BCUT2D eigenvalue weighted by Crippen LogP contribution is -2.30. The van der Waals surface area contributed by atoms with Gasteiger partial charge in [0.2, 0.25) is 5.88 Å². The Morgan fingerprint density at radius 1 is 1.18 bits per heavy atom. The molecule has 3 rings (SSSR count). The fraction of sp³-hybridized carbons (Fsp3) is 0.150. The maximum Gasteiger partial charge on any atom is 0.305 e. The topological polar surface area (TPSA) is 104 Å². The highest BCUT2D eigenvalue weighted by Crippen LogP contribution is 2.21. The highest BCUT2D eigenvalue weighted by molar-refractivity contribution is 5.93. The van der Waals surface area contributed by atoms with Gasteiger partial charge in [0.15, 0.2) is 5.69 Å². The third-order valence-corrected chi connectivity index (χ3v) is 4.14. The van der Waals surface area contributed by atoms with Crippen LogP contribution in [0.4, 0.5) is 4.39 Å². The van der Waals surface area contributed by atoms with Crippen molar-refractivity contribution in [3.05, 3.63) is 77.2 Å². The van der Waals surface area contributed by atoms with Gasteiger partial charge >= 0.3 is 5.97 Å². The Bertz CT molecular complexity index is 1010. The van der Waals surface area contributed by atoms with Crippen molar-refractivity contribution < 1.29 is 24.2 Å². The summed E-state index contributed by atoms with van der Waals surface area (Å²) in [5, 5.41) is 25.8. The number of halogens is 1. The molecule has 0 saturated carbocycles. The molecule has 1 amide bonds. The molecule has 0 bridgehead atoms. The van der Waals surface area contributed by atoms with Crippen LogP contribution in [0, 0.1) is 12.7 Å². The Balaban J connectivity index is 1.85. The molecule has 0 fully saturated rings. The van der Waals surface area contributed by atoms with Gasteiger partial charge in [0, 0.05) is 6.07 Å². The molecule has 0 aliphatic rings. The number of aromatic nitrogens is 2. The van der Waals surface area contributed by atoms with Gasteiger partial charge in [-0.2, -0.15) is 5.10 Å². The van der Waals surface area contributed by atoms with Gasteiger partial charge in [-0.05, 0) is 30.7 Å². The Morgan fingerprint density at radius 3 is 2.54 bits per heavy atom. The van der Waals surface area contributed by atoms with Crippen molar-refractivity contribution in [1.82, 2.24) is 15.1 Å². The van der Waals surface area contributed by atoms with E-state index in [-0.39, 0.29) is 23.7 Å². The molecule has 0 saturated heterocycles. The number of nitrogens with one attached hydrogen (secondary N) is 1. The average Bonchev–Trinajstić information content (AvgIpc) is 3.03. The molecular formula is C20H18FN3O4. The molecule has 2 aromatic carbocycles. The lowest BCUT2D eigenvalue weighted by molar-refractivity contribution is -0.137. The van der Waals surface area contributed by atoms with Crippen LogP contribution in [0.2, 0.25) is 0 Å². The molecule has 0 spiro atoms. The van der Waals surface area contributed by atoms with Gasteiger partial charge in [0.05, 0.1) is 18.2 Å². The van der Waals surface area contributed by atoms with E-state index in [0.29, 0.717) is 5.56 Å². The zero-order chi connectivity index (χ0) is 20.3. The summed E-state index contributed by atoms with van der Waals surface area (Å²) < 4.78 is 14.4. The van der Waals surface area contributed by atoms with Gasteiger partial charge in [-0.15, -0.1) is 0 Å². The molecule has 1 atom stereocenters. The summed E-state index contributed by atoms with van der Waals surface area (Å²) >= 11 is 0. The van der Waals surface area contributed by atoms with E-state index in [9.17, 15) is 19.1 Å². The van der Waals surface area contributed by atoms with Crippen LogP contribution >= 0.6 is 0 Å². The van der Waals surface area contributed by atoms with Crippen molar-refractivity contribution in [1.29, 1.82) is 0 Å². The summed E-state index contributed by atoms with van der Waals surface area (Å²) in [6.07, 6.45) is -0.314. The number of aliphatic carboxylic acids is 1. The molecule has 0 aliphatic heterocycles. The second-order valence-electron chi connectivity index (χ2n) is 6.31. The van der Waals surface area contributed by atoms with E-state index in [2.05, 4.69) is 10.4 Å². The van der Waals surface area contributed by atoms with Crippen LogP contribution in [0.5, 0.6) is 5.88 Å². The van der Waals surface area contributed by atoms with E-state index in [0.717, 1.165) is 22.4 Å². The smallest absolute Gasteiger partial charge is 0.305 e. The number of hydrogen-bond donors (Lipinski definition) is 3. The second-order valence-corrected chi connectivity index (χ2v) is 6.31. The number of hydrogen-bond acceptors (Lipinski definition) is 4. The van der Waals surface area contributed by atoms with Crippen LogP contribution in [-0.4, -0.2) is 31.9 Å². The van der Waals surface area contributed by atoms with Gasteiger partial charge in [0.25, 0.3) is 5.91 Å². The SMILES string of the molecule is Cc1ccc([C@H](CC(=O)O)NC(=O)c2cc(O)n(-c3cccc(F)c3)n2)cc1. The lowest BCUT2D eigenvalue weighted by Gasteiger charge is -2.17. The molecule has 0 radical (unpaired) electrons. The summed E-state index contributed by atoms with van der Waals surface area (Å²) in [7, 11) is 0. The zero-order valence-electron chi connectivity index (χ0n) is 15.0. The van der Waals surface area contributed by atoms with Gasteiger partial charge in [-0.3, -0.25) is 9.59 Å². The molecule has 1 heterocycles. The number of aromatic hydroxyl groups is 1. The molecule has 28 heavy (non-hydrogen) atoms. The molecule has 3 N–H and O–H groups in total. The largest absolute Gasteiger partial charge is 0.493 e. The highest BCUT2D eigenvalue weighted by Gasteiger charge is 2.22. The fourth-order valence-electron chi connectivity index (χ4n) is 2.74. The van der Waals surface area contributed by atoms with E-state index in [1.54, 1.807) is 12.1 Å². The number of nitrogens with zero attached hydrogens (tertiary/aromatic N) is 2. The summed E-state index contributed by atoms with van der Waals surface area (Å²) in [6, 6.07) is 12.9. The van der Waals surface area contributed by atoms with Crippen molar-refractivity contribution in [2.24, 2.45) is 0 Å². The maximum atomic E-state index is 13.4. The first-order valence-electron chi connectivity index (χ1n) is 8.47. The van der Waals surface area contributed by atoms with Crippen molar-refractivity contribution in [2.75, 3.05) is 0 Å². The molecule has 8 heteroatoms.